The summed E-state index contributed by atoms with van der Waals surface area (Å²) in [4.78, 5) is 37.9. The van der Waals surface area contributed by atoms with Crippen molar-refractivity contribution in [3.8, 4) is 5.75 Å². The molecule has 44 heavy (non-hydrogen) atoms. The minimum Gasteiger partial charge on any atom is -0.494 e. The molecule has 4 aromatic carbocycles. The SMILES string of the molecule is C=CCC(C(=O)NCCCOc1ccc(CC(Nc2ccccc2C(=O)c2ccccc2)C(=O)O)cc1)c1cccc(F)c1. The maximum Gasteiger partial charge on any atom is 0.326 e. The van der Waals surface area contributed by atoms with E-state index in [0.29, 0.717) is 54.1 Å². The van der Waals surface area contributed by atoms with Crippen LogP contribution in [0.15, 0.2) is 116 Å². The van der Waals surface area contributed by atoms with E-state index < -0.39 is 17.9 Å². The van der Waals surface area contributed by atoms with Crippen LogP contribution in [0.1, 0.15) is 45.8 Å². The van der Waals surface area contributed by atoms with Gasteiger partial charge in [0.2, 0.25) is 5.91 Å². The number of carboxylic acids is 1. The number of ketones is 1. The highest BCUT2D eigenvalue weighted by Gasteiger charge is 2.22. The number of ether oxygens (including phenoxy) is 1. The third kappa shape index (κ3) is 8.88. The molecule has 1 amide bonds. The average molecular weight is 595 g/mol. The maximum absolute atomic E-state index is 13.6. The maximum atomic E-state index is 13.6. The van der Waals surface area contributed by atoms with Crippen LogP contribution in [0.4, 0.5) is 10.1 Å². The Morgan fingerprint density at radius 1 is 0.909 bits per heavy atom. The number of halogens is 1. The van der Waals surface area contributed by atoms with Crippen molar-refractivity contribution in [1.82, 2.24) is 5.32 Å². The van der Waals surface area contributed by atoms with Gasteiger partial charge in [-0.2, -0.15) is 0 Å². The zero-order valence-electron chi connectivity index (χ0n) is 24.2. The lowest BCUT2D eigenvalue weighted by atomic mass is 9.94. The number of benzene rings is 4. The normalized spacial score (nSPS) is 12.0. The summed E-state index contributed by atoms with van der Waals surface area (Å²) in [6.07, 6.45) is 2.79. The molecule has 4 aromatic rings. The van der Waals surface area contributed by atoms with Crippen molar-refractivity contribution < 1.29 is 28.6 Å². The molecule has 0 bridgehead atoms. The number of nitrogens with one attached hydrogen (secondary N) is 2. The first-order valence-corrected chi connectivity index (χ1v) is 14.4. The van der Waals surface area contributed by atoms with Crippen LogP contribution >= 0.6 is 0 Å². The van der Waals surface area contributed by atoms with E-state index in [1.54, 1.807) is 91.0 Å². The van der Waals surface area contributed by atoms with E-state index in [4.69, 9.17) is 4.74 Å². The van der Waals surface area contributed by atoms with E-state index in [9.17, 15) is 23.9 Å². The lowest BCUT2D eigenvalue weighted by molar-refractivity contribution is -0.137. The monoisotopic (exact) mass is 594 g/mol. The number of carbonyl (C=O) groups is 3. The first kappa shape index (κ1) is 31.7. The second-order valence-electron chi connectivity index (χ2n) is 10.2. The van der Waals surface area contributed by atoms with Crippen LogP contribution in [0.2, 0.25) is 0 Å². The van der Waals surface area contributed by atoms with Crippen molar-refractivity contribution in [2.45, 2.75) is 31.2 Å². The second-order valence-corrected chi connectivity index (χ2v) is 10.2. The number of hydrogen-bond acceptors (Lipinski definition) is 5. The Kier molecular flexibility index (Phi) is 11.4. The number of rotatable bonds is 16. The van der Waals surface area contributed by atoms with E-state index in [-0.39, 0.29) is 23.9 Å². The smallest absolute Gasteiger partial charge is 0.326 e. The number of amides is 1. The minimum absolute atomic E-state index is 0.187. The summed E-state index contributed by atoms with van der Waals surface area (Å²) in [7, 11) is 0. The highest BCUT2D eigenvalue weighted by Crippen LogP contribution is 2.23. The Bertz CT molecular complexity index is 1570. The summed E-state index contributed by atoms with van der Waals surface area (Å²) in [6.45, 7) is 4.45. The standard InChI is InChI=1S/C36H35FN2O5/c1-2-10-30(27-13-8-14-28(37)24-27)35(41)38-21-9-22-44-29-19-17-25(18-20-29)23-33(36(42)43)39-32-16-7-6-15-31(32)34(40)26-11-4-3-5-12-26/h2-8,11-20,24,30,33,39H,1,9-10,21-23H2,(H,38,41)(H,42,43). The van der Waals surface area contributed by atoms with Gasteiger partial charge in [-0.1, -0.05) is 72.8 Å². The number of aliphatic carboxylic acids is 1. The van der Waals surface area contributed by atoms with Gasteiger partial charge in [0.05, 0.1) is 12.5 Å². The van der Waals surface area contributed by atoms with Gasteiger partial charge in [-0.3, -0.25) is 9.59 Å². The molecule has 0 saturated heterocycles. The van der Waals surface area contributed by atoms with Crippen LogP contribution in [0.5, 0.6) is 5.75 Å². The van der Waals surface area contributed by atoms with Crippen LogP contribution in [0, 0.1) is 5.82 Å². The Morgan fingerprint density at radius 3 is 2.34 bits per heavy atom. The highest BCUT2D eigenvalue weighted by atomic mass is 19.1. The molecule has 2 atom stereocenters. The topological polar surface area (TPSA) is 105 Å². The highest BCUT2D eigenvalue weighted by molar-refractivity contribution is 6.12. The van der Waals surface area contributed by atoms with Gasteiger partial charge in [0, 0.05) is 29.8 Å². The Balaban J connectivity index is 1.27. The zero-order chi connectivity index (χ0) is 31.3. The Labute approximate surface area is 256 Å². The molecule has 4 rings (SSSR count). The predicted octanol–water partition coefficient (Wildman–Crippen LogP) is 6.41. The molecule has 0 heterocycles. The van der Waals surface area contributed by atoms with Crippen molar-refractivity contribution in [2.75, 3.05) is 18.5 Å². The van der Waals surface area contributed by atoms with E-state index in [2.05, 4.69) is 17.2 Å². The molecule has 0 fully saturated rings. The van der Waals surface area contributed by atoms with Gasteiger partial charge in [-0.25, -0.2) is 9.18 Å². The predicted molar refractivity (Wildman–Crippen MR) is 169 cm³/mol. The molecule has 7 nitrogen and oxygen atoms in total. The van der Waals surface area contributed by atoms with Crippen molar-refractivity contribution in [3.63, 3.8) is 0 Å². The number of carboxylic acid groups (broad SMARTS) is 1. The van der Waals surface area contributed by atoms with Crippen LogP contribution in [-0.2, 0) is 16.0 Å². The fourth-order valence-corrected chi connectivity index (χ4v) is 4.78. The zero-order valence-corrected chi connectivity index (χ0v) is 24.2. The van der Waals surface area contributed by atoms with E-state index >= 15 is 0 Å². The minimum atomic E-state index is -1.04. The molecule has 3 N–H and O–H groups in total. The molecule has 0 aliphatic carbocycles. The molecule has 2 unspecified atom stereocenters. The molecule has 0 aliphatic heterocycles. The number of allylic oxidation sites excluding steroid dienone is 1. The third-order valence-corrected chi connectivity index (χ3v) is 7.06. The lowest BCUT2D eigenvalue weighted by Crippen LogP contribution is -2.32. The van der Waals surface area contributed by atoms with Crippen molar-refractivity contribution in [2.24, 2.45) is 0 Å². The van der Waals surface area contributed by atoms with Crippen molar-refractivity contribution in [3.05, 3.63) is 144 Å². The van der Waals surface area contributed by atoms with Crippen molar-refractivity contribution in [1.29, 1.82) is 0 Å². The molecule has 0 saturated carbocycles. The summed E-state index contributed by atoms with van der Waals surface area (Å²) < 4.78 is 19.4. The number of carbonyl (C=O) groups excluding carboxylic acids is 2. The Hall–Kier alpha value is -5.24. The van der Waals surface area contributed by atoms with Gasteiger partial charge in [-0.15, -0.1) is 6.58 Å². The lowest BCUT2D eigenvalue weighted by Gasteiger charge is -2.18. The summed E-state index contributed by atoms with van der Waals surface area (Å²) in [5.41, 5.74) is 2.75. The van der Waals surface area contributed by atoms with Gasteiger partial charge in [0.25, 0.3) is 0 Å². The Morgan fingerprint density at radius 2 is 1.64 bits per heavy atom. The van der Waals surface area contributed by atoms with Crippen LogP contribution in [0.3, 0.4) is 0 Å². The quantitative estimate of drug-likeness (QED) is 0.0787. The fraction of sp³-hybridized carbons (Fsp3) is 0.194. The van der Waals surface area contributed by atoms with Crippen molar-refractivity contribution >= 4 is 23.3 Å². The van der Waals surface area contributed by atoms with E-state index in [0.717, 1.165) is 5.56 Å². The van der Waals surface area contributed by atoms with Crippen LogP contribution < -0.4 is 15.4 Å². The van der Waals surface area contributed by atoms with Gasteiger partial charge < -0.3 is 20.5 Å². The van der Waals surface area contributed by atoms with Gasteiger partial charge in [0.15, 0.2) is 5.78 Å². The first-order chi connectivity index (χ1) is 21.4. The molecule has 0 aromatic heterocycles. The van der Waals surface area contributed by atoms with Gasteiger partial charge in [0.1, 0.15) is 17.6 Å². The van der Waals surface area contributed by atoms with E-state index in [1.165, 1.54) is 12.1 Å². The largest absolute Gasteiger partial charge is 0.494 e. The molecule has 0 spiro atoms. The molecular weight excluding hydrogens is 559 g/mol. The first-order valence-electron chi connectivity index (χ1n) is 14.4. The summed E-state index contributed by atoms with van der Waals surface area (Å²) in [5.74, 6) is -1.72. The molecule has 0 radical (unpaired) electrons. The van der Waals surface area contributed by atoms with Gasteiger partial charge >= 0.3 is 5.97 Å². The fourth-order valence-electron chi connectivity index (χ4n) is 4.78. The number of anilines is 1. The van der Waals surface area contributed by atoms with E-state index in [1.807, 2.05) is 6.07 Å². The summed E-state index contributed by atoms with van der Waals surface area (Å²) in [6, 6.07) is 27.9. The molecule has 0 aliphatic rings. The third-order valence-electron chi connectivity index (χ3n) is 7.06. The average Bonchev–Trinajstić information content (AvgIpc) is 3.04. The van der Waals surface area contributed by atoms with Gasteiger partial charge in [-0.05, 0) is 60.4 Å². The molecule has 226 valence electrons. The van der Waals surface area contributed by atoms with Crippen LogP contribution in [0.25, 0.3) is 0 Å². The molecular formula is C36H35FN2O5. The summed E-state index contributed by atoms with van der Waals surface area (Å²) >= 11 is 0. The number of hydrogen-bond donors (Lipinski definition) is 3. The van der Waals surface area contributed by atoms with Crippen LogP contribution in [-0.4, -0.2) is 42.0 Å². The number of para-hydroxylation sites is 1. The second kappa shape index (κ2) is 15.8. The summed E-state index contributed by atoms with van der Waals surface area (Å²) in [5, 5.41) is 15.8. The molecule has 8 heteroatoms.